The van der Waals surface area contributed by atoms with Crippen LogP contribution in [0.4, 0.5) is 16.4 Å². The van der Waals surface area contributed by atoms with Crippen molar-refractivity contribution in [3.63, 3.8) is 0 Å². The largest absolute Gasteiger partial charge is 0.444 e. The molecule has 1 aliphatic heterocycles. The number of pyridine rings is 1. The molecule has 3 rings (SSSR count). The van der Waals surface area contributed by atoms with Crippen LogP contribution in [0.1, 0.15) is 38.3 Å². The zero-order valence-electron chi connectivity index (χ0n) is 15.6. The summed E-state index contributed by atoms with van der Waals surface area (Å²) in [5.74, 6) is 1.37. The number of carbonyl (C=O) groups is 1. The zero-order chi connectivity index (χ0) is 18.7. The molecule has 1 amide bonds. The Morgan fingerprint density at radius 1 is 1.38 bits per heavy atom. The Hall–Kier alpha value is -2.61. The molecule has 0 radical (unpaired) electrons. The Kier molecular flexibility index (Phi) is 5.13. The number of aromatic amines is 1. The third-order valence-electron chi connectivity index (χ3n) is 3.78. The van der Waals surface area contributed by atoms with Crippen molar-refractivity contribution in [3.05, 3.63) is 35.7 Å². The lowest BCUT2D eigenvalue weighted by atomic mass is 10.2. The van der Waals surface area contributed by atoms with Gasteiger partial charge in [-0.25, -0.2) is 9.78 Å². The number of anilines is 2. The van der Waals surface area contributed by atoms with Crippen LogP contribution in [0.25, 0.3) is 0 Å². The summed E-state index contributed by atoms with van der Waals surface area (Å²) in [6, 6.07) is 7.56. The van der Waals surface area contributed by atoms with Crippen molar-refractivity contribution < 1.29 is 14.3 Å². The fraction of sp³-hybridized carbons (Fsp3) is 0.500. The SMILES string of the molecule is Cc1cc(Nc2cccc([C@@H]3CN(C(=O)OC(C)(C)C)CCO3)n2)n[nH]1. The van der Waals surface area contributed by atoms with Gasteiger partial charge in [0.1, 0.15) is 17.5 Å². The zero-order valence-corrected chi connectivity index (χ0v) is 15.6. The fourth-order valence-electron chi connectivity index (χ4n) is 2.63. The number of amides is 1. The highest BCUT2D eigenvalue weighted by molar-refractivity contribution is 5.68. The number of carbonyl (C=O) groups excluding carboxylic acids is 1. The van der Waals surface area contributed by atoms with Gasteiger partial charge in [-0.2, -0.15) is 5.10 Å². The molecule has 0 bridgehead atoms. The van der Waals surface area contributed by atoms with Gasteiger partial charge in [0.25, 0.3) is 0 Å². The lowest BCUT2D eigenvalue weighted by Gasteiger charge is -2.34. The van der Waals surface area contributed by atoms with Crippen LogP contribution in [-0.4, -0.2) is 51.5 Å². The van der Waals surface area contributed by atoms with Crippen molar-refractivity contribution in [2.24, 2.45) is 0 Å². The monoisotopic (exact) mass is 359 g/mol. The van der Waals surface area contributed by atoms with Gasteiger partial charge in [-0.15, -0.1) is 0 Å². The highest BCUT2D eigenvalue weighted by Crippen LogP contribution is 2.24. The standard InChI is InChI=1S/C18H25N5O3/c1-12-10-16(22-21-12)20-15-7-5-6-13(19-15)14-11-23(8-9-25-14)17(24)26-18(2,3)4/h5-7,10,14H,8-9,11H2,1-4H3,(H2,19,20,21,22)/t14-/m0/s1. The van der Waals surface area contributed by atoms with Crippen LogP contribution in [0.3, 0.4) is 0 Å². The summed E-state index contributed by atoms with van der Waals surface area (Å²) in [6.07, 6.45) is -0.619. The Morgan fingerprint density at radius 3 is 2.88 bits per heavy atom. The molecule has 2 aromatic heterocycles. The fourth-order valence-corrected chi connectivity index (χ4v) is 2.63. The lowest BCUT2D eigenvalue weighted by molar-refractivity contribution is -0.0446. The van der Waals surface area contributed by atoms with Crippen molar-refractivity contribution >= 4 is 17.7 Å². The maximum Gasteiger partial charge on any atom is 0.410 e. The van der Waals surface area contributed by atoms with Crippen molar-refractivity contribution in [2.75, 3.05) is 25.0 Å². The van der Waals surface area contributed by atoms with Gasteiger partial charge in [-0.1, -0.05) is 6.07 Å². The van der Waals surface area contributed by atoms with Gasteiger partial charge in [0, 0.05) is 18.3 Å². The molecule has 2 aromatic rings. The Bertz CT molecular complexity index is 768. The van der Waals surface area contributed by atoms with E-state index in [4.69, 9.17) is 9.47 Å². The van der Waals surface area contributed by atoms with Crippen LogP contribution in [-0.2, 0) is 9.47 Å². The average Bonchev–Trinajstić information content (AvgIpc) is 2.98. The number of rotatable bonds is 3. The van der Waals surface area contributed by atoms with Crippen LogP contribution >= 0.6 is 0 Å². The van der Waals surface area contributed by atoms with Crippen LogP contribution in [0.2, 0.25) is 0 Å². The summed E-state index contributed by atoms with van der Waals surface area (Å²) in [5, 5.41) is 10.2. The number of nitrogens with zero attached hydrogens (tertiary/aromatic N) is 3. The summed E-state index contributed by atoms with van der Waals surface area (Å²) >= 11 is 0. The Morgan fingerprint density at radius 2 is 2.19 bits per heavy atom. The van der Waals surface area contributed by atoms with Crippen molar-refractivity contribution in [2.45, 2.75) is 39.4 Å². The summed E-state index contributed by atoms with van der Waals surface area (Å²) in [6.45, 7) is 8.87. The van der Waals surface area contributed by atoms with Crippen molar-refractivity contribution in [1.29, 1.82) is 0 Å². The van der Waals surface area contributed by atoms with Crippen LogP contribution in [0.5, 0.6) is 0 Å². The maximum atomic E-state index is 12.3. The van der Waals surface area contributed by atoms with Gasteiger partial charge < -0.3 is 19.7 Å². The second-order valence-electron chi connectivity index (χ2n) is 7.29. The molecule has 0 spiro atoms. The number of aromatic nitrogens is 3. The maximum absolute atomic E-state index is 12.3. The van der Waals surface area contributed by atoms with Crippen LogP contribution in [0.15, 0.2) is 24.3 Å². The molecule has 8 heteroatoms. The van der Waals surface area contributed by atoms with E-state index in [1.807, 2.05) is 52.0 Å². The molecule has 0 aromatic carbocycles. The molecule has 0 saturated carbocycles. The molecular formula is C18H25N5O3. The minimum atomic E-state index is -0.519. The van der Waals surface area contributed by atoms with Crippen LogP contribution in [0, 0.1) is 6.92 Å². The molecular weight excluding hydrogens is 334 g/mol. The Labute approximate surface area is 152 Å². The molecule has 1 fully saturated rings. The van der Waals surface area contributed by atoms with E-state index in [2.05, 4.69) is 20.5 Å². The summed E-state index contributed by atoms with van der Waals surface area (Å²) < 4.78 is 11.3. The van der Waals surface area contributed by atoms with Gasteiger partial charge in [0.05, 0.1) is 18.8 Å². The number of nitrogens with one attached hydrogen (secondary N) is 2. The minimum Gasteiger partial charge on any atom is -0.444 e. The van der Waals surface area contributed by atoms with Gasteiger partial charge >= 0.3 is 6.09 Å². The lowest BCUT2D eigenvalue weighted by Crippen LogP contribution is -2.44. The van der Waals surface area contributed by atoms with Crippen LogP contribution < -0.4 is 5.32 Å². The molecule has 1 saturated heterocycles. The Balaban J connectivity index is 1.68. The van der Waals surface area contributed by atoms with E-state index in [9.17, 15) is 4.79 Å². The van der Waals surface area contributed by atoms with E-state index in [1.165, 1.54) is 0 Å². The molecule has 26 heavy (non-hydrogen) atoms. The summed E-state index contributed by atoms with van der Waals surface area (Å²) in [7, 11) is 0. The first kappa shape index (κ1) is 18.2. The molecule has 1 aliphatic rings. The highest BCUT2D eigenvalue weighted by atomic mass is 16.6. The first-order valence-electron chi connectivity index (χ1n) is 8.66. The van der Waals surface area contributed by atoms with E-state index in [0.29, 0.717) is 31.3 Å². The highest BCUT2D eigenvalue weighted by Gasteiger charge is 2.29. The molecule has 140 valence electrons. The van der Waals surface area contributed by atoms with E-state index in [-0.39, 0.29) is 12.2 Å². The molecule has 0 aliphatic carbocycles. The predicted molar refractivity (Wildman–Crippen MR) is 97.3 cm³/mol. The van der Waals surface area contributed by atoms with E-state index >= 15 is 0 Å². The number of hydrogen-bond acceptors (Lipinski definition) is 6. The topological polar surface area (TPSA) is 92.4 Å². The molecule has 8 nitrogen and oxygen atoms in total. The number of hydrogen-bond donors (Lipinski definition) is 2. The van der Waals surface area contributed by atoms with Gasteiger partial charge in [-0.3, -0.25) is 5.10 Å². The minimum absolute atomic E-state index is 0.293. The molecule has 3 heterocycles. The number of ether oxygens (including phenoxy) is 2. The first-order valence-corrected chi connectivity index (χ1v) is 8.66. The first-order chi connectivity index (χ1) is 12.3. The average molecular weight is 359 g/mol. The van der Waals surface area contributed by atoms with Crippen molar-refractivity contribution in [3.8, 4) is 0 Å². The molecule has 0 unspecified atom stereocenters. The second kappa shape index (κ2) is 7.33. The predicted octanol–water partition coefficient (Wildman–Crippen LogP) is 3.17. The molecule has 2 N–H and O–H groups in total. The second-order valence-corrected chi connectivity index (χ2v) is 7.29. The number of morpholine rings is 1. The third kappa shape index (κ3) is 4.72. The normalized spacial score (nSPS) is 17.8. The van der Waals surface area contributed by atoms with Gasteiger partial charge in [0.15, 0.2) is 5.82 Å². The van der Waals surface area contributed by atoms with Gasteiger partial charge in [-0.05, 0) is 39.8 Å². The number of H-pyrrole nitrogens is 1. The third-order valence-corrected chi connectivity index (χ3v) is 3.78. The van der Waals surface area contributed by atoms with E-state index in [1.54, 1.807) is 4.90 Å². The number of aryl methyl sites for hydroxylation is 1. The molecule has 1 atom stereocenters. The van der Waals surface area contributed by atoms with E-state index in [0.717, 1.165) is 11.4 Å². The quantitative estimate of drug-likeness (QED) is 0.874. The summed E-state index contributed by atoms with van der Waals surface area (Å²) in [5.41, 5.74) is 1.21. The van der Waals surface area contributed by atoms with Crippen molar-refractivity contribution in [1.82, 2.24) is 20.1 Å². The smallest absolute Gasteiger partial charge is 0.410 e. The van der Waals surface area contributed by atoms with Gasteiger partial charge in [0.2, 0.25) is 0 Å². The summed E-state index contributed by atoms with van der Waals surface area (Å²) in [4.78, 5) is 18.6. The van der Waals surface area contributed by atoms with E-state index < -0.39 is 5.60 Å².